The van der Waals surface area contributed by atoms with Crippen LogP contribution in [0.5, 0.6) is 0 Å². The molecule has 0 saturated carbocycles. The van der Waals surface area contributed by atoms with E-state index in [1.54, 1.807) is 0 Å². The number of halogens is 1. The van der Waals surface area contributed by atoms with Gasteiger partial charge in [0.2, 0.25) is 0 Å². The Labute approximate surface area is 130 Å². The van der Waals surface area contributed by atoms with Crippen LogP contribution in [0.2, 0.25) is 0 Å². The maximum atomic E-state index is 5.74. The second kappa shape index (κ2) is 12.1. The summed E-state index contributed by atoms with van der Waals surface area (Å²) in [7, 11) is 0. The van der Waals surface area contributed by atoms with Crippen molar-refractivity contribution in [2.45, 2.75) is 64.7 Å². The van der Waals surface area contributed by atoms with E-state index in [4.69, 9.17) is 11.6 Å². The number of alkyl halides is 1. The first kappa shape index (κ1) is 17.4. The summed E-state index contributed by atoms with van der Waals surface area (Å²) >= 11 is 5.74. The zero-order valence-electron chi connectivity index (χ0n) is 13.0. The molecule has 0 saturated heterocycles. The largest absolute Gasteiger partial charge is 0.385 e. The van der Waals surface area contributed by atoms with Crippen LogP contribution in [0.1, 0.15) is 63.9 Å². The SMILES string of the molecule is CCCCCCCCCNc1cccc(CCCCl)c1. The maximum absolute atomic E-state index is 5.74. The van der Waals surface area contributed by atoms with Gasteiger partial charge in [0.05, 0.1) is 0 Å². The van der Waals surface area contributed by atoms with E-state index in [1.807, 2.05) is 0 Å². The number of aryl methyl sites for hydroxylation is 1. The minimum atomic E-state index is 0.746. The summed E-state index contributed by atoms with van der Waals surface area (Å²) < 4.78 is 0. The Morgan fingerprint density at radius 3 is 2.45 bits per heavy atom. The van der Waals surface area contributed by atoms with Gasteiger partial charge in [0.25, 0.3) is 0 Å². The van der Waals surface area contributed by atoms with E-state index in [9.17, 15) is 0 Å². The van der Waals surface area contributed by atoms with Crippen molar-refractivity contribution in [3.05, 3.63) is 29.8 Å². The number of anilines is 1. The molecule has 2 heteroatoms. The molecule has 1 aromatic carbocycles. The molecule has 114 valence electrons. The normalized spacial score (nSPS) is 10.7. The third kappa shape index (κ3) is 8.47. The molecular weight excluding hydrogens is 266 g/mol. The molecular formula is C18H30ClN. The molecule has 0 fully saturated rings. The highest BCUT2D eigenvalue weighted by atomic mass is 35.5. The molecule has 1 aromatic rings. The number of unbranched alkanes of at least 4 members (excludes halogenated alkanes) is 6. The molecule has 1 N–H and O–H groups in total. The van der Waals surface area contributed by atoms with Crippen molar-refractivity contribution in [3.8, 4) is 0 Å². The molecule has 1 rings (SSSR count). The highest BCUT2D eigenvalue weighted by Crippen LogP contribution is 2.13. The maximum Gasteiger partial charge on any atom is 0.0342 e. The van der Waals surface area contributed by atoms with Crippen LogP contribution in [0.4, 0.5) is 5.69 Å². The van der Waals surface area contributed by atoms with Gasteiger partial charge in [-0.3, -0.25) is 0 Å². The minimum Gasteiger partial charge on any atom is -0.385 e. The van der Waals surface area contributed by atoms with Gasteiger partial charge in [0.15, 0.2) is 0 Å². The number of benzene rings is 1. The highest BCUT2D eigenvalue weighted by molar-refractivity contribution is 6.17. The van der Waals surface area contributed by atoms with Gasteiger partial charge >= 0.3 is 0 Å². The minimum absolute atomic E-state index is 0.746. The molecule has 0 amide bonds. The summed E-state index contributed by atoms with van der Waals surface area (Å²) in [5.41, 5.74) is 2.64. The predicted molar refractivity (Wildman–Crippen MR) is 92.0 cm³/mol. The zero-order valence-corrected chi connectivity index (χ0v) is 13.7. The Balaban J connectivity index is 2.09. The molecule has 0 aliphatic rings. The van der Waals surface area contributed by atoms with Gasteiger partial charge in [0.1, 0.15) is 0 Å². The van der Waals surface area contributed by atoms with Crippen LogP contribution in [-0.4, -0.2) is 12.4 Å². The summed E-state index contributed by atoms with van der Waals surface area (Å²) in [6, 6.07) is 8.74. The van der Waals surface area contributed by atoms with Crippen LogP contribution in [0.3, 0.4) is 0 Å². The summed E-state index contributed by atoms with van der Waals surface area (Å²) in [6.45, 7) is 3.36. The van der Waals surface area contributed by atoms with E-state index in [2.05, 4.69) is 36.5 Å². The van der Waals surface area contributed by atoms with Crippen LogP contribution < -0.4 is 5.32 Å². The second-order valence-electron chi connectivity index (χ2n) is 5.54. The lowest BCUT2D eigenvalue weighted by Crippen LogP contribution is -2.01. The first-order chi connectivity index (χ1) is 9.86. The summed E-state index contributed by atoms with van der Waals surface area (Å²) in [6.07, 6.45) is 11.7. The molecule has 0 heterocycles. The summed E-state index contributed by atoms with van der Waals surface area (Å²) in [5, 5.41) is 3.53. The van der Waals surface area contributed by atoms with Crippen LogP contribution in [0.15, 0.2) is 24.3 Å². The van der Waals surface area contributed by atoms with E-state index in [0.717, 1.165) is 25.3 Å². The second-order valence-corrected chi connectivity index (χ2v) is 5.92. The standard InChI is InChI=1S/C18H30ClN/c1-2-3-4-5-6-7-8-15-20-18-13-9-11-17(16-18)12-10-14-19/h9,11,13,16,20H,2-8,10,12,14-15H2,1H3. The molecule has 0 bridgehead atoms. The van der Waals surface area contributed by atoms with Gasteiger partial charge in [-0.1, -0.05) is 57.6 Å². The number of hydrogen-bond donors (Lipinski definition) is 1. The van der Waals surface area contributed by atoms with E-state index in [0.29, 0.717) is 0 Å². The molecule has 0 aromatic heterocycles. The van der Waals surface area contributed by atoms with E-state index in [-0.39, 0.29) is 0 Å². The Kier molecular flexibility index (Phi) is 10.5. The third-order valence-corrected chi connectivity index (χ3v) is 3.90. The Morgan fingerprint density at radius 2 is 1.70 bits per heavy atom. The fraction of sp³-hybridized carbons (Fsp3) is 0.667. The smallest absolute Gasteiger partial charge is 0.0342 e. The van der Waals surface area contributed by atoms with E-state index < -0.39 is 0 Å². The molecule has 0 spiro atoms. The van der Waals surface area contributed by atoms with Gasteiger partial charge in [-0.05, 0) is 37.0 Å². The summed E-state index contributed by atoms with van der Waals surface area (Å²) in [5.74, 6) is 0.746. The van der Waals surface area contributed by atoms with Crippen molar-refractivity contribution in [1.29, 1.82) is 0 Å². The van der Waals surface area contributed by atoms with Crippen molar-refractivity contribution in [3.63, 3.8) is 0 Å². The van der Waals surface area contributed by atoms with Crippen LogP contribution in [-0.2, 0) is 6.42 Å². The molecule has 0 aliphatic heterocycles. The molecule has 0 atom stereocenters. The highest BCUT2D eigenvalue weighted by Gasteiger charge is 1.96. The fourth-order valence-corrected chi connectivity index (χ4v) is 2.56. The number of rotatable bonds is 12. The number of hydrogen-bond acceptors (Lipinski definition) is 1. The average Bonchev–Trinajstić information content (AvgIpc) is 2.48. The van der Waals surface area contributed by atoms with Gasteiger partial charge in [0, 0.05) is 18.1 Å². The Morgan fingerprint density at radius 1 is 0.950 bits per heavy atom. The molecule has 20 heavy (non-hydrogen) atoms. The van der Waals surface area contributed by atoms with Crippen molar-refractivity contribution >= 4 is 17.3 Å². The fourth-order valence-electron chi connectivity index (χ4n) is 2.42. The monoisotopic (exact) mass is 295 g/mol. The van der Waals surface area contributed by atoms with Crippen LogP contribution >= 0.6 is 11.6 Å². The van der Waals surface area contributed by atoms with Crippen molar-refractivity contribution < 1.29 is 0 Å². The van der Waals surface area contributed by atoms with Crippen molar-refractivity contribution in [2.24, 2.45) is 0 Å². The van der Waals surface area contributed by atoms with Crippen LogP contribution in [0, 0.1) is 0 Å². The summed E-state index contributed by atoms with van der Waals surface area (Å²) in [4.78, 5) is 0. The quantitative estimate of drug-likeness (QED) is 0.367. The van der Waals surface area contributed by atoms with E-state index in [1.165, 1.54) is 56.2 Å². The molecule has 1 nitrogen and oxygen atoms in total. The lowest BCUT2D eigenvalue weighted by molar-refractivity contribution is 0.596. The molecule has 0 radical (unpaired) electrons. The van der Waals surface area contributed by atoms with Crippen molar-refractivity contribution in [2.75, 3.05) is 17.7 Å². The Bertz CT molecular complexity index is 338. The van der Waals surface area contributed by atoms with Gasteiger partial charge in [-0.15, -0.1) is 11.6 Å². The predicted octanol–water partition coefficient (Wildman–Crippen LogP) is 6.02. The Hall–Kier alpha value is -0.690. The van der Waals surface area contributed by atoms with Crippen molar-refractivity contribution in [1.82, 2.24) is 0 Å². The van der Waals surface area contributed by atoms with Gasteiger partial charge in [-0.2, -0.15) is 0 Å². The molecule has 0 unspecified atom stereocenters. The number of nitrogens with one attached hydrogen (secondary N) is 1. The lowest BCUT2D eigenvalue weighted by atomic mass is 10.1. The van der Waals surface area contributed by atoms with Crippen LogP contribution in [0.25, 0.3) is 0 Å². The first-order valence-corrected chi connectivity index (χ1v) is 8.79. The van der Waals surface area contributed by atoms with E-state index >= 15 is 0 Å². The van der Waals surface area contributed by atoms with Gasteiger partial charge in [-0.25, -0.2) is 0 Å². The first-order valence-electron chi connectivity index (χ1n) is 8.25. The lowest BCUT2D eigenvalue weighted by Gasteiger charge is -2.08. The molecule has 0 aliphatic carbocycles. The zero-order chi connectivity index (χ0) is 14.5. The van der Waals surface area contributed by atoms with Gasteiger partial charge < -0.3 is 5.32 Å². The topological polar surface area (TPSA) is 12.0 Å². The average molecular weight is 296 g/mol. The third-order valence-electron chi connectivity index (χ3n) is 3.64.